The molecule has 2 aromatic rings. The predicted molar refractivity (Wildman–Crippen MR) is 65.1 cm³/mol. The van der Waals surface area contributed by atoms with E-state index in [1.165, 1.54) is 6.07 Å². The first-order valence-corrected chi connectivity index (χ1v) is 5.36. The van der Waals surface area contributed by atoms with Gasteiger partial charge in [-0.15, -0.1) is 0 Å². The number of nitro groups is 1. The molecule has 1 aromatic heterocycles. The highest BCUT2D eigenvalue weighted by Gasteiger charge is 2.11. The van der Waals surface area contributed by atoms with Crippen molar-refractivity contribution in [1.29, 1.82) is 0 Å². The van der Waals surface area contributed by atoms with Crippen LogP contribution < -0.4 is 0 Å². The molecule has 4 nitrogen and oxygen atoms in total. The van der Waals surface area contributed by atoms with Crippen molar-refractivity contribution in [1.82, 2.24) is 4.98 Å². The van der Waals surface area contributed by atoms with Gasteiger partial charge in [-0.25, -0.2) is 0 Å². The molecule has 1 aromatic carbocycles. The zero-order chi connectivity index (χ0) is 12.3. The van der Waals surface area contributed by atoms with Crippen molar-refractivity contribution in [2.75, 3.05) is 0 Å². The van der Waals surface area contributed by atoms with E-state index in [0.717, 1.165) is 11.1 Å². The molecule has 0 radical (unpaired) electrons. The van der Waals surface area contributed by atoms with Crippen LogP contribution in [0.5, 0.6) is 0 Å². The lowest BCUT2D eigenvalue weighted by atomic mass is 10.1. The lowest BCUT2D eigenvalue weighted by molar-refractivity contribution is -0.384. The first kappa shape index (κ1) is 11.5. The third-order valence-electron chi connectivity index (χ3n) is 2.37. The van der Waals surface area contributed by atoms with Gasteiger partial charge in [0.2, 0.25) is 0 Å². The Morgan fingerprint density at radius 1 is 1.18 bits per heavy atom. The van der Waals surface area contributed by atoms with Gasteiger partial charge in [-0.05, 0) is 35.7 Å². The first-order chi connectivity index (χ1) is 8.16. The highest BCUT2D eigenvalue weighted by molar-refractivity contribution is 6.32. The number of pyridine rings is 1. The summed E-state index contributed by atoms with van der Waals surface area (Å²) < 4.78 is 0. The van der Waals surface area contributed by atoms with E-state index in [9.17, 15) is 10.1 Å². The Morgan fingerprint density at radius 2 is 1.88 bits per heavy atom. The molecule has 0 aliphatic rings. The van der Waals surface area contributed by atoms with Crippen LogP contribution in [0.25, 0.3) is 0 Å². The standard InChI is InChI=1S/C12H9ClN2O2/c13-11-8-10(1-2-12(11)15(16)17)7-9-3-5-14-6-4-9/h1-6,8H,7H2. The zero-order valence-electron chi connectivity index (χ0n) is 8.84. The van der Waals surface area contributed by atoms with Crippen LogP contribution in [0.2, 0.25) is 5.02 Å². The van der Waals surface area contributed by atoms with Gasteiger partial charge >= 0.3 is 0 Å². The average Bonchev–Trinajstić information content (AvgIpc) is 2.30. The molecule has 2 rings (SSSR count). The topological polar surface area (TPSA) is 56.0 Å². The van der Waals surface area contributed by atoms with E-state index in [4.69, 9.17) is 11.6 Å². The highest BCUT2D eigenvalue weighted by atomic mass is 35.5. The third-order valence-corrected chi connectivity index (χ3v) is 2.67. The lowest BCUT2D eigenvalue weighted by Gasteiger charge is -2.02. The largest absolute Gasteiger partial charge is 0.287 e. The summed E-state index contributed by atoms with van der Waals surface area (Å²) in [4.78, 5) is 14.0. The van der Waals surface area contributed by atoms with E-state index < -0.39 is 4.92 Å². The first-order valence-electron chi connectivity index (χ1n) is 4.98. The van der Waals surface area contributed by atoms with Gasteiger partial charge in [0.15, 0.2) is 0 Å². The zero-order valence-corrected chi connectivity index (χ0v) is 9.59. The third kappa shape index (κ3) is 2.79. The minimum absolute atomic E-state index is 0.0647. The van der Waals surface area contributed by atoms with E-state index in [-0.39, 0.29) is 10.7 Å². The fourth-order valence-corrected chi connectivity index (χ4v) is 1.82. The van der Waals surface area contributed by atoms with E-state index in [0.29, 0.717) is 6.42 Å². The van der Waals surface area contributed by atoms with Crippen molar-refractivity contribution in [2.45, 2.75) is 6.42 Å². The summed E-state index contributed by atoms with van der Waals surface area (Å²) in [7, 11) is 0. The summed E-state index contributed by atoms with van der Waals surface area (Å²) in [5.74, 6) is 0. The number of benzene rings is 1. The molecule has 0 saturated carbocycles. The van der Waals surface area contributed by atoms with E-state index in [2.05, 4.69) is 4.98 Å². The van der Waals surface area contributed by atoms with Crippen molar-refractivity contribution in [3.8, 4) is 0 Å². The molecule has 0 saturated heterocycles. The van der Waals surface area contributed by atoms with Crippen molar-refractivity contribution >= 4 is 17.3 Å². The van der Waals surface area contributed by atoms with Crippen LogP contribution in [0.4, 0.5) is 5.69 Å². The normalized spacial score (nSPS) is 10.2. The summed E-state index contributed by atoms with van der Waals surface area (Å²) >= 11 is 5.84. The summed E-state index contributed by atoms with van der Waals surface area (Å²) in [5, 5.41) is 10.8. The van der Waals surface area contributed by atoms with Crippen LogP contribution in [0, 0.1) is 10.1 Å². The van der Waals surface area contributed by atoms with Crippen LogP contribution in [-0.2, 0) is 6.42 Å². The Kier molecular flexibility index (Phi) is 3.35. The SMILES string of the molecule is O=[N+]([O-])c1ccc(Cc2ccncc2)cc1Cl. The molecule has 0 unspecified atom stereocenters. The molecule has 1 heterocycles. The molecule has 5 heteroatoms. The molecule has 0 atom stereocenters. The summed E-state index contributed by atoms with van der Waals surface area (Å²) in [5.41, 5.74) is 1.96. The number of aromatic nitrogens is 1. The maximum absolute atomic E-state index is 10.6. The van der Waals surface area contributed by atoms with Gasteiger partial charge in [0.1, 0.15) is 5.02 Å². The average molecular weight is 249 g/mol. The molecule has 17 heavy (non-hydrogen) atoms. The maximum Gasteiger partial charge on any atom is 0.287 e. The molecule has 0 spiro atoms. The van der Waals surface area contributed by atoms with Crippen LogP contribution in [-0.4, -0.2) is 9.91 Å². The van der Waals surface area contributed by atoms with Gasteiger partial charge in [-0.3, -0.25) is 15.1 Å². The Hall–Kier alpha value is -1.94. The Labute approximate surface area is 103 Å². The molecule has 0 N–H and O–H groups in total. The molecule has 86 valence electrons. The Bertz CT molecular complexity index is 543. The number of halogens is 1. The molecule has 0 amide bonds. The fraction of sp³-hybridized carbons (Fsp3) is 0.0833. The number of nitro benzene ring substituents is 1. The molecule has 0 aliphatic heterocycles. The van der Waals surface area contributed by atoms with Crippen molar-refractivity contribution < 1.29 is 4.92 Å². The predicted octanol–water partition coefficient (Wildman–Crippen LogP) is 3.23. The van der Waals surface area contributed by atoms with Crippen LogP contribution in [0.3, 0.4) is 0 Å². The molecule has 0 fully saturated rings. The highest BCUT2D eigenvalue weighted by Crippen LogP contribution is 2.25. The molecule has 0 aliphatic carbocycles. The second kappa shape index (κ2) is 4.93. The molecular formula is C12H9ClN2O2. The minimum atomic E-state index is -0.488. The number of hydrogen-bond acceptors (Lipinski definition) is 3. The van der Waals surface area contributed by atoms with E-state index in [1.807, 2.05) is 12.1 Å². The number of nitrogens with zero attached hydrogens (tertiary/aromatic N) is 2. The quantitative estimate of drug-likeness (QED) is 0.619. The lowest BCUT2D eigenvalue weighted by Crippen LogP contribution is -1.92. The minimum Gasteiger partial charge on any atom is -0.265 e. The van der Waals surface area contributed by atoms with Gasteiger partial charge in [0.25, 0.3) is 5.69 Å². The van der Waals surface area contributed by atoms with E-state index >= 15 is 0 Å². The van der Waals surface area contributed by atoms with Crippen LogP contribution in [0.1, 0.15) is 11.1 Å². The Balaban J connectivity index is 2.24. The smallest absolute Gasteiger partial charge is 0.265 e. The second-order valence-electron chi connectivity index (χ2n) is 3.58. The van der Waals surface area contributed by atoms with Gasteiger partial charge in [-0.1, -0.05) is 17.7 Å². The van der Waals surface area contributed by atoms with Crippen LogP contribution >= 0.6 is 11.6 Å². The summed E-state index contributed by atoms with van der Waals surface area (Å²) in [6.07, 6.45) is 4.10. The summed E-state index contributed by atoms with van der Waals surface area (Å²) in [6.45, 7) is 0. The van der Waals surface area contributed by atoms with Gasteiger partial charge < -0.3 is 0 Å². The molecule has 0 bridgehead atoms. The van der Waals surface area contributed by atoms with Gasteiger partial charge in [-0.2, -0.15) is 0 Å². The monoisotopic (exact) mass is 248 g/mol. The van der Waals surface area contributed by atoms with E-state index in [1.54, 1.807) is 24.5 Å². The van der Waals surface area contributed by atoms with Crippen molar-refractivity contribution in [3.63, 3.8) is 0 Å². The van der Waals surface area contributed by atoms with Crippen molar-refractivity contribution in [3.05, 3.63) is 69.0 Å². The number of hydrogen-bond donors (Lipinski definition) is 0. The van der Waals surface area contributed by atoms with Gasteiger partial charge in [0, 0.05) is 18.5 Å². The van der Waals surface area contributed by atoms with Crippen LogP contribution in [0.15, 0.2) is 42.7 Å². The maximum atomic E-state index is 10.6. The molecular weight excluding hydrogens is 240 g/mol. The van der Waals surface area contributed by atoms with Crippen molar-refractivity contribution in [2.24, 2.45) is 0 Å². The summed E-state index contributed by atoms with van der Waals surface area (Å²) in [6, 6.07) is 8.56. The fourth-order valence-electron chi connectivity index (χ4n) is 1.54. The second-order valence-corrected chi connectivity index (χ2v) is 3.98. The Morgan fingerprint density at radius 3 is 2.47 bits per heavy atom. The number of rotatable bonds is 3. The van der Waals surface area contributed by atoms with Gasteiger partial charge in [0.05, 0.1) is 4.92 Å².